The molecule has 6 aliphatic rings. The molecule has 6 rings (SSSR count). The number of fused-ring (bicyclic) bond motifs is 7. The fourth-order valence-electron chi connectivity index (χ4n) is 10.3. The second kappa shape index (κ2) is 6.93. The minimum absolute atomic E-state index is 0.191. The van der Waals surface area contributed by atoms with Crippen LogP contribution < -0.4 is 0 Å². The fraction of sp³-hybridized carbons (Fsp3) is 1.00. The van der Waals surface area contributed by atoms with Crippen molar-refractivity contribution in [1.82, 2.24) is 0 Å². The van der Waals surface area contributed by atoms with Crippen LogP contribution in [0, 0.1) is 52.3 Å². The van der Waals surface area contributed by atoms with E-state index in [2.05, 4.69) is 27.7 Å². The monoisotopic (exact) mass is 432 g/mol. The molecule has 2 saturated heterocycles. The van der Waals surface area contributed by atoms with Gasteiger partial charge in [0, 0.05) is 12.3 Å². The van der Waals surface area contributed by atoms with Crippen molar-refractivity contribution in [3.8, 4) is 0 Å². The van der Waals surface area contributed by atoms with Crippen molar-refractivity contribution in [2.24, 2.45) is 52.3 Å². The van der Waals surface area contributed by atoms with E-state index in [0.717, 1.165) is 37.7 Å². The van der Waals surface area contributed by atoms with Crippen LogP contribution in [0.15, 0.2) is 0 Å². The molecule has 2 N–H and O–H groups in total. The van der Waals surface area contributed by atoms with Gasteiger partial charge in [-0.1, -0.05) is 27.7 Å². The topological polar surface area (TPSA) is 58.9 Å². The molecule has 0 aromatic rings. The molecule has 4 aliphatic carbocycles. The normalized spacial score (nSPS) is 63.3. The van der Waals surface area contributed by atoms with Crippen molar-refractivity contribution in [3.05, 3.63) is 0 Å². The molecule has 1 spiro atoms. The summed E-state index contributed by atoms with van der Waals surface area (Å²) in [6, 6.07) is 0. The fourth-order valence-corrected chi connectivity index (χ4v) is 10.3. The number of hydrogen-bond acceptors (Lipinski definition) is 4. The van der Waals surface area contributed by atoms with Gasteiger partial charge < -0.3 is 19.7 Å². The molecule has 0 aromatic carbocycles. The Balaban J connectivity index is 1.26. The van der Waals surface area contributed by atoms with Crippen LogP contribution in [0.4, 0.5) is 0 Å². The molecule has 2 aliphatic heterocycles. The molecular weight excluding hydrogens is 388 g/mol. The van der Waals surface area contributed by atoms with E-state index in [1.54, 1.807) is 0 Å². The molecule has 2 heterocycles. The Labute approximate surface area is 188 Å². The Morgan fingerprint density at radius 2 is 1.65 bits per heavy atom. The van der Waals surface area contributed by atoms with Crippen LogP contribution in [0.3, 0.4) is 0 Å². The van der Waals surface area contributed by atoms with Gasteiger partial charge in [-0.15, -0.1) is 0 Å². The lowest BCUT2D eigenvalue weighted by Gasteiger charge is -2.61. The minimum Gasteiger partial charge on any atom is -0.390 e. The average molecular weight is 433 g/mol. The van der Waals surface area contributed by atoms with Gasteiger partial charge in [0.2, 0.25) is 0 Å². The molecule has 8 unspecified atom stereocenters. The summed E-state index contributed by atoms with van der Waals surface area (Å²) in [4.78, 5) is 0. The third kappa shape index (κ3) is 2.80. The highest BCUT2D eigenvalue weighted by atomic mass is 16.7. The molecule has 176 valence electrons. The lowest BCUT2D eigenvalue weighted by molar-refractivity contribution is -0.273. The van der Waals surface area contributed by atoms with E-state index >= 15 is 0 Å². The Morgan fingerprint density at radius 1 is 0.839 bits per heavy atom. The summed E-state index contributed by atoms with van der Waals surface area (Å²) in [5.74, 6) is 4.21. The molecule has 0 aromatic heterocycles. The highest BCUT2D eigenvalue weighted by molar-refractivity contribution is 5.15. The third-order valence-electron chi connectivity index (χ3n) is 12.0. The van der Waals surface area contributed by atoms with Gasteiger partial charge in [0.05, 0.1) is 24.9 Å². The molecule has 4 heteroatoms. The Hall–Kier alpha value is -0.160. The first-order chi connectivity index (χ1) is 14.7. The maximum Gasteiger partial charge on any atom is 0.171 e. The maximum atomic E-state index is 10.6. The zero-order valence-corrected chi connectivity index (χ0v) is 20.1. The maximum absolute atomic E-state index is 10.6. The average Bonchev–Trinajstić information content (AvgIpc) is 3.16. The van der Waals surface area contributed by atoms with E-state index < -0.39 is 12.2 Å². The number of aliphatic hydroxyl groups excluding tert-OH is 2. The summed E-state index contributed by atoms with van der Waals surface area (Å²) in [6.45, 7) is 10.6. The van der Waals surface area contributed by atoms with E-state index in [1.165, 1.54) is 38.5 Å². The van der Waals surface area contributed by atoms with Crippen molar-refractivity contribution < 1.29 is 19.7 Å². The van der Waals surface area contributed by atoms with E-state index in [0.29, 0.717) is 41.1 Å². The van der Waals surface area contributed by atoms with Gasteiger partial charge in [-0.3, -0.25) is 0 Å². The highest BCUT2D eigenvalue weighted by Crippen LogP contribution is 2.71. The molecule has 0 bridgehead atoms. The summed E-state index contributed by atoms with van der Waals surface area (Å²) in [5.41, 5.74) is 0.550. The summed E-state index contributed by atoms with van der Waals surface area (Å²) in [7, 11) is 0. The SMILES string of the molecule is CC1CCC2(OC1)O[C@H]1CC3C4CC[C@@H]5C[C@@H](O)C(O)C[C@]5(C)C4CC[C@]3(C)C1C2C. The van der Waals surface area contributed by atoms with Crippen LogP contribution in [0.1, 0.15) is 85.5 Å². The number of aliphatic hydroxyl groups is 2. The Morgan fingerprint density at radius 3 is 2.39 bits per heavy atom. The summed E-state index contributed by atoms with van der Waals surface area (Å²) in [6.07, 6.45) is 9.51. The van der Waals surface area contributed by atoms with Crippen molar-refractivity contribution in [2.45, 2.75) is 110 Å². The van der Waals surface area contributed by atoms with Crippen molar-refractivity contribution in [3.63, 3.8) is 0 Å². The van der Waals surface area contributed by atoms with Crippen LogP contribution in [-0.2, 0) is 9.47 Å². The molecular formula is C27H44O4. The summed E-state index contributed by atoms with van der Waals surface area (Å²) < 4.78 is 13.3. The first-order valence-electron chi connectivity index (χ1n) is 13.4. The van der Waals surface area contributed by atoms with Gasteiger partial charge in [-0.2, -0.15) is 0 Å². The molecule has 4 saturated carbocycles. The van der Waals surface area contributed by atoms with Gasteiger partial charge in [-0.25, -0.2) is 0 Å². The zero-order chi connectivity index (χ0) is 21.8. The first-order valence-corrected chi connectivity index (χ1v) is 13.4. The van der Waals surface area contributed by atoms with E-state index in [9.17, 15) is 10.2 Å². The molecule has 31 heavy (non-hydrogen) atoms. The Kier molecular flexibility index (Phi) is 4.78. The predicted molar refractivity (Wildman–Crippen MR) is 119 cm³/mol. The van der Waals surface area contributed by atoms with E-state index in [-0.39, 0.29) is 11.2 Å². The second-order valence-electron chi connectivity index (χ2n) is 13.2. The first kappa shape index (κ1) is 21.4. The lowest BCUT2D eigenvalue weighted by atomic mass is 9.44. The van der Waals surface area contributed by atoms with Crippen LogP contribution in [-0.4, -0.2) is 40.9 Å². The standard InChI is InChI=1S/C27H44O4/c1-15-7-10-27(30-14-15)16(2)24-23(31-27)12-20-18-6-5-17-11-21(28)22(29)13-26(17,4)19(18)8-9-25(20,24)3/h15-24,28-29H,5-14H2,1-4H3/t15?,16?,17-,18?,19?,20?,21-,22?,23+,24?,25+,26+,27?/m1/s1. The molecule has 0 amide bonds. The zero-order valence-electron chi connectivity index (χ0n) is 20.1. The van der Waals surface area contributed by atoms with Gasteiger partial charge in [0.1, 0.15) is 0 Å². The van der Waals surface area contributed by atoms with Gasteiger partial charge in [-0.05, 0) is 97.7 Å². The van der Waals surface area contributed by atoms with Crippen LogP contribution in [0.25, 0.3) is 0 Å². The summed E-state index contributed by atoms with van der Waals surface area (Å²) in [5, 5.41) is 20.9. The van der Waals surface area contributed by atoms with Gasteiger partial charge >= 0.3 is 0 Å². The van der Waals surface area contributed by atoms with Gasteiger partial charge in [0.25, 0.3) is 0 Å². The van der Waals surface area contributed by atoms with Crippen LogP contribution in [0.5, 0.6) is 0 Å². The van der Waals surface area contributed by atoms with Crippen molar-refractivity contribution in [1.29, 1.82) is 0 Å². The van der Waals surface area contributed by atoms with Crippen molar-refractivity contribution in [2.75, 3.05) is 6.61 Å². The number of ether oxygens (including phenoxy) is 2. The molecule has 0 radical (unpaired) electrons. The predicted octanol–water partition coefficient (Wildman–Crippen LogP) is 4.76. The van der Waals surface area contributed by atoms with Gasteiger partial charge in [0.15, 0.2) is 5.79 Å². The van der Waals surface area contributed by atoms with Crippen LogP contribution >= 0.6 is 0 Å². The smallest absolute Gasteiger partial charge is 0.171 e. The minimum atomic E-state index is -0.537. The molecule has 6 fully saturated rings. The Bertz CT molecular complexity index is 716. The number of rotatable bonds is 0. The molecule has 4 nitrogen and oxygen atoms in total. The van der Waals surface area contributed by atoms with E-state index in [1.807, 2.05) is 0 Å². The van der Waals surface area contributed by atoms with E-state index in [4.69, 9.17) is 9.47 Å². The van der Waals surface area contributed by atoms with Crippen molar-refractivity contribution >= 4 is 0 Å². The third-order valence-corrected chi connectivity index (χ3v) is 12.0. The van der Waals surface area contributed by atoms with Crippen LogP contribution in [0.2, 0.25) is 0 Å². The lowest BCUT2D eigenvalue weighted by Crippen LogP contribution is -2.57. The molecule has 13 atom stereocenters. The number of hydrogen-bond donors (Lipinski definition) is 2. The second-order valence-corrected chi connectivity index (χ2v) is 13.2. The quantitative estimate of drug-likeness (QED) is 0.579. The highest BCUT2D eigenvalue weighted by Gasteiger charge is 2.69. The largest absolute Gasteiger partial charge is 0.390 e. The summed E-state index contributed by atoms with van der Waals surface area (Å²) >= 11 is 0.